The van der Waals surface area contributed by atoms with Crippen molar-refractivity contribution in [1.82, 2.24) is 16.1 Å². The number of benzene rings is 3. The van der Waals surface area contributed by atoms with Crippen LogP contribution < -0.4 is 39.7 Å². The van der Waals surface area contributed by atoms with E-state index in [0.717, 1.165) is 29.8 Å². The first-order chi connectivity index (χ1) is 22.7. The zero-order valence-electron chi connectivity index (χ0n) is 25.6. The van der Waals surface area contributed by atoms with Crippen LogP contribution in [-0.2, 0) is 16.1 Å². The van der Waals surface area contributed by atoms with Crippen molar-refractivity contribution in [2.24, 2.45) is 5.10 Å². The number of rotatable bonds is 13. The number of hydrogen-bond donors (Lipinski definition) is 4. The summed E-state index contributed by atoms with van der Waals surface area (Å²) in [5, 5.41) is 20.0. The number of ether oxygens (including phenoxy) is 6. The minimum absolute atomic E-state index is 0.144. The maximum Gasteiger partial charge on any atom is 0.337 e. The fourth-order valence-electron chi connectivity index (χ4n) is 4.80. The number of methoxy groups -OCH3 is 1. The van der Waals surface area contributed by atoms with Gasteiger partial charge in [-0.2, -0.15) is 5.10 Å². The summed E-state index contributed by atoms with van der Waals surface area (Å²) in [7, 11) is 1.28. The minimum Gasteiger partial charge on any atom is -0.490 e. The quantitative estimate of drug-likeness (QED) is 0.0623. The molecule has 5 rings (SSSR count). The number of hydrazone groups is 1. The Morgan fingerprint density at radius 1 is 1.09 bits per heavy atom. The number of aliphatic hydroxyl groups excluding tert-OH is 1. The molecule has 0 saturated carbocycles. The number of halogens is 2. The van der Waals surface area contributed by atoms with Crippen molar-refractivity contribution >= 4 is 63.4 Å². The van der Waals surface area contributed by atoms with Crippen molar-refractivity contribution in [2.45, 2.75) is 32.7 Å². The summed E-state index contributed by atoms with van der Waals surface area (Å²) < 4.78 is 35.2. The Balaban J connectivity index is 1.18. The predicted octanol–water partition coefficient (Wildman–Crippen LogP) is 4.72. The van der Waals surface area contributed by atoms with Gasteiger partial charge in [0.1, 0.15) is 19.0 Å². The van der Waals surface area contributed by atoms with E-state index >= 15 is 0 Å². The predicted molar refractivity (Wildman–Crippen MR) is 188 cm³/mol. The summed E-state index contributed by atoms with van der Waals surface area (Å²) in [6, 6.07) is 13.4. The van der Waals surface area contributed by atoms with Crippen molar-refractivity contribution in [3.8, 4) is 28.7 Å². The summed E-state index contributed by atoms with van der Waals surface area (Å²) in [6.45, 7) is 4.23. The van der Waals surface area contributed by atoms with E-state index in [-0.39, 0.29) is 19.0 Å². The highest BCUT2D eigenvalue weighted by atomic mass is 127. The van der Waals surface area contributed by atoms with Gasteiger partial charge < -0.3 is 44.2 Å². The second kappa shape index (κ2) is 15.7. The Morgan fingerprint density at radius 2 is 1.85 bits per heavy atom. The molecule has 2 heterocycles. The Labute approximate surface area is 298 Å². The van der Waals surface area contributed by atoms with Crippen LogP contribution in [0.5, 0.6) is 28.7 Å². The summed E-state index contributed by atoms with van der Waals surface area (Å²) in [6.07, 6.45) is 0.458. The number of esters is 1. The van der Waals surface area contributed by atoms with Crippen molar-refractivity contribution in [1.29, 1.82) is 0 Å². The monoisotopic (exact) mass is 870 g/mol. The molecule has 0 spiro atoms. The van der Waals surface area contributed by atoms with Gasteiger partial charge in [-0.15, -0.1) is 0 Å². The number of carbonyl (C=O) groups is 2. The number of allylic oxidation sites excluding steroid dienone is 1. The Bertz CT molecular complexity index is 1690. The fourth-order valence-corrected chi connectivity index (χ4v) is 6.93. The summed E-state index contributed by atoms with van der Waals surface area (Å²) >= 11 is 4.43. The smallest absolute Gasteiger partial charge is 0.337 e. The van der Waals surface area contributed by atoms with Crippen molar-refractivity contribution in [3.63, 3.8) is 0 Å². The van der Waals surface area contributed by atoms with E-state index in [1.165, 1.54) is 7.11 Å². The van der Waals surface area contributed by atoms with Crippen LogP contribution >= 0.6 is 45.2 Å². The first kappa shape index (κ1) is 34.4. The van der Waals surface area contributed by atoms with Gasteiger partial charge in [0.05, 0.1) is 38.7 Å². The number of nitrogens with one attached hydrogen (secondary N) is 3. The van der Waals surface area contributed by atoms with Gasteiger partial charge in [-0.3, -0.25) is 5.43 Å². The summed E-state index contributed by atoms with van der Waals surface area (Å²) in [4.78, 5) is 24.6. The first-order valence-corrected chi connectivity index (χ1v) is 16.6. The second-order valence-corrected chi connectivity index (χ2v) is 12.5. The molecule has 2 atom stereocenters. The van der Waals surface area contributed by atoms with E-state index in [4.69, 9.17) is 28.4 Å². The van der Waals surface area contributed by atoms with Crippen molar-refractivity contribution in [3.05, 3.63) is 83.6 Å². The highest BCUT2D eigenvalue weighted by Crippen LogP contribution is 2.36. The van der Waals surface area contributed by atoms with Gasteiger partial charge in [0.2, 0.25) is 6.79 Å². The number of amides is 2. The van der Waals surface area contributed by atoms with Gasteiger partial charge in [0.25, 0.3) is 0 Å². The lowest BCUT2D eigenvalue weighted by molar-refractivity contribution is -0.136. The molecule has 0 radical (unpaired) electrons. The first-order valence-electron chi connectivity index (χ1n) is 14.4. The van der Waals surface area contributed by atoms with E-state index in [9.17, 15) is 14.7 Å². The molecular weight excluding hydrogens is 838 g/mol. The lowest BCUT2D eigenvalue weighted by Gasteiger charge is -2.28. The van der Waals surface area contributed by atoms with E-state index < -0.39 is 24.3 Å². The normalized spacial score (nSPS) is 16.0. The minimum atomic E-state index is -1.14. The third kappa shape index (κ3) is 8.50. The molecule has 0 aromatic heterocycles. The van der Waals surface area contributed by atoms with E-state index in [2.05, 4.69) is 66.3 Å². The van der Waals surface area contributed by atoms with Crippen LogP contribution in [0.3, 0.4) is 0 Å². The number of nitrogens with zero attached hydrogens (tertiary/aromatic N) is 1. The van der Waals surface area contributed by atoms with Gasteiger partial charge in [-0.05, 0) is 112 Å². The lowest BCUT2D eigenvalue weighted by atomic mass is 9.95. The van der Waals surface area contributed by atoms with Crippen LogP contribution in [0.4, 0.5) is 4.79 Å². The van der Waals surface area contributed by atoms with E-state index in [0.29, 0.717) is 41.7 Å². The molecule has 0 aliphatic carbocycles. The molecule has 15 heteroatoms. The standard InChI is InChI=1S/C32H32I2N4O9/c1-4-43-26-12-20(29-28(31(40)42-3)17(2)36-32(41)37-29)6-8-23(26)44-15-27(39)38-35-13-19-9-21(33)30(22(34)10-19)45-14-18-5-7-24-25(11-18)47-16-46-24/h5-13,27,29,38-39H,4,14-16H2,1-3H3,(H2,36,37,41)/b35-13-/t27-,29+/m0/s1. The molecule has 4 N–H and O–H groups in total. The third-order valence-corrected chi connectivity index (χ3v) is 8.55. The molecule has 47 heavy (non-hydrogen) atoms. The molecule has 3 aromatic carbocycles. The van der Waals surface area contributed by atoms with Gasteiger partial charge in [0, 0.05) is 5.70 Å². The van der Waals surface area contributed by atoms with Gasteiger partial charge >= 0.3 is 12.0 Å². The Hall–Kier alpha value is -3.97. The SMILES string of the molecule is CCOc1cc([C@H]2NC(=O)NC(C)=C2C(=O)OC)ccc1OC[C@H](O)N/N=C\c1cc(I)c(OCc2ccc3c(c2)OCO3)c(I)c1. The highest BCUT2D eigenvalue weighted by molar-refractivity contribution is 14.1. The second-order valence-electron chi connectivity index (χ2n) is 10.2. The molecule has 248 valence electrons. The number of hydrogen-bond acceptors (Lipinski definition) is 11. The van der Waals surface area contributed by atoms with Gasteiger partial charge in [-0.1, -0.05) is 12.1 Å². The number of carbonyl (C=O) groups excluding carboxylic acids is 2. The molecule has 2 aliphatic rings. The molecule has 0 unspecified atom stereocenters. The molecule has 0 bridgehead atoms. The molecule has 0 saturated heterocycles. The number of urea groups is 1. The average molecular weight is 870 g/mol. The average Bonchev–Trinajstić information content (AvgIpc) is 3.51. The molecular formula is C32H32I2N4O9. The molecule has 2 amide bonds. The van der Waals surface area contributed by atoms with E-state index in [1.54, 1.807) is 31.3 Å². The van der Waals surface area contributed by atoms with Crippen LogP contribution in [0.15, 0.2) is 64.9 Å². The van der Waals surface area contributed by atoms with Crippen molar-refractivity contribution in [2.75, 3.05) is 27.1 Å². The van der Waals surface area contributed by atoms with Gasteiger partial charge in [-0.25, -0.2) is 9.59 Å². The zero-order chi connectivity index (χ0) is 33.5. The van der Waals surface area contributed by atoms with Gasteiger partial charge in [0.15, 0.2) is 29.2 Å². The zero-order valence-corrected chi connectivity index (χ0v) is 29.9. The molecule has 0 fully saturated rings. The molecule has 13 nitrogen and oxygen atoms in total. The highest BCUT2D eigenvalue weighted by Gasteiger charge is 2.32. The van der Waals surface area contributed by atoms with Crippen LogP contribution in [0, 0.1) is 7.14 Å². The van der Waals surface area contributed by atoms with Crippen LogP contribution in [0.25, 0.3) is 0 Å². The maximum atomic E-state index is 12.5. The van der Waals surface area contributed by atoms with E-state index in [1.807, 2.05) is 37.3 Å². The number of fused-ring (bicyclic) bond motifs is 1. The largest absolute Gasteiger partial charge is 0.490 e. The van der Waals surface area contributed by atoms with Crippen LogP contribution in [0.1, 0.15) is 36.6 Å². The van der Waals surface area contributed by atoms with Crippen LogP contribution in [-0.4, -0.2) is 56.7 Å². The maximum absolute atomic E-state index is 12.5. The number of aliphatic hydroxyl groups is 1. The lowest BCUT2D eigenvalue weighted by Crippen LogP contribution is -2.45. The Kier molecular flexibility index (Phi) is 11.5. The van der Waals surface area contributed by atoms with Crippen molar-refractivity contribution < 1.29 is 43.1 Å². The fraction of sp³-hybridized carbons (Fsp3) is 0.281. The Morgan fingerprint density at radius 3 is 2.60 bits per heavy atom. The van der Waals surface area contributed by atoms with Crippen LogP contribution in [0.2, 0.25) is 0 Å². The topological polar surface area (TPSA) is 158 Å². The third-order valence-electron chi connectivity index (χ3n) is 6.95. The molecule has 2 aliphatic heterocycles. The molecule has 3 aromatic rings. The summed E-state index contributed by atoms with van der Waals surface area (Å²) in [5.74, 6) is 2.36. The summed E-state index contributed by atoms with van der Waals surface area (Å²) in [5.41, 5.74) is 5.69.